The van der Waals surface area contributed by atoms with E-state index in [4.69, 9.17) is 14.5 Å². The summed E-state index contributed by atoms with van der Waals surface area (Å²) in [4.78, 5) is 37.1. The molecule has 6 bridgehead atoms. The van der Waals surface area contributed by atoms with E-state index >= 15 is 8.78 Å². The van der Waals surface area contributed by atoms with Crippen LogP contribution in [0.15, 0.2) is 55.0 Å². The van der Waals surface area contributed by atoms with Crippen molar-refractivity contribution in [1.82, 2.24) is 39.2 Å². The molecular formula is C36H33F3N10O3. The van der Waals surface area contributed by atoms with E-state index in [1.807, 2.05) is 39.5 Å². The first-order valence-corrected chi connectivity index (χ1v) is 17.0. The minimum absolute atomic E-state index is 0.0565. The van der Waals surface area contributed by atoms with Crippen molar-refractivity contribution in [2.75, 3.05) is 43.6 Å². The number of halogens is 3. The number of aryl methyl sites for hydroxylation is 1. The standard InChI is InChI=1S/C36H33F3N10O3/c1-19-43-28-11-20(37)9-24-27-5-3-6-31(45-27)44-22-13-29(36(50)46-7-4-8-52-23(16-46)17-47(19)32(24)28)48(15-22)34-25-14-42-49(35(25)41-18-40-34)33-26(39)10-21(38)12-30(33)51-2/h3,5-6,9-12,14,18,22-23,29H,4,7-8,13,15-17H2,1-2H3,(H,44,45)/t22?,23-,29+/m1/s1. The Morgan fingerprint density at radius 1 is 1.02 bits per heavy atom. The molecule has 7 heterocycles. The van der Waals surface area contributed by atoms with Crippen LogP contribution >= 0.6 is 0 Å². The van der Waals surface area contributed by atoms with Gasteiger partial charge in [-0.3, -0.25) is 4.79 Å². The topological polar surface area (TPSA) is 128 Å². The third-order valence-corrected chi connectivity index (χ3v) is 10.1. The van der Waals surface area contributed by atoms with Gasteiger partial charge in [0.1, 0.15) is 47.2 Å². The lowest BCUT2D eigenvalue weighted by Gasteiger charge is -2.31. The van der Waals surface area contributed by atoms with Gasteiger partial charge in [-0.15, -0.1) is 0 Å². The number of hydrogen-bond donors (Lipinski definition) is 1. The maximum Gasteiger partial charge on any atom is 0.245 e. The largest absolute Gasteiger partial charge is 0.494 e. The number of nitrogens with one attached hydrogen (secondary N) is 1. The molecule has 3 aliphatic heterocycles. The summed E-state index contributed by atoms with van der Waals surface area (Å²) in [5, 5.41) is 8.41. The van der Waals surface area contributed by atoms with E-state index in [0.717, 1.165) is 17.6 Å². The number of imidazole rings is 1. The average Bonchev–Trinajstić information content (AvgIpc) is 3.77. The lowest BCUT2D eigenvalue weighted by Crippen LogP contribution is -2.48. The molecule has 1 unspecified atom stereocenters. The van der Waals surface area contributed by atoms with Crippen LogP contribution in [0.5, 0.6) is 5.75 Å². The Hall–Kier alpha value is -5.77. The third kappa shape index (κ3) is 5.36. The summed E-state index contributed by atoms with van der Waals surface area (Å²) in [5.74, 6) is -0.534. The number of aromatic nitrogens is 7. The van der Waals surface area contributed by atoms with Gasteiger partial charge in [0, 0.05) is 56.0 Å². The normalized spacial score (nSPS) is 20.5. The van der Waals surface area contributed by atoms with Gasteiger partial charge in [-0.25, -0.2) is 37.8 Å². The minimum Gasteiger partial charge on any atom is -0.494 e. The molecule has 2 saturated heterocycles. The maximum atomic E-state index is 15.2. The van der Waals surface area contributed by atoms with E-state index in [0.29, 0.717) is 85.2 Å². The smallest absolute Gasteiger partial charge is 0.245 e. The van der Waals surface area contributed by atoms with Crippen molar-refractivity contribution in [3.63, 3.8) is 0 Å². The first-order valence-electron chi connectivity index (χ1n) is 17.0. The lowest BCUT2D eigenvalue weighted by atomic mass is 10.1. The first kappa shape index (κ1) is 32.2. The van der Waals surface area contributed by atoms with Crippen LogP contribution in [0.4, 0.5) is 24.8 Å². The number of carbonyl (C=O) groups is 1. The van der Waals surface area contributed by atoms with Gasteiger partial charge in [0.2, 0.25) is 5.91 Å². The number of hydrogen-bond acceptors (Lipinski definition) is 10. The van der Waals surface area contributed by atoms with Crippen molar-refractivity contribution in [3.8, 4) is 22.7 Å². The second-order valence-corrected chi connectivity index (χ2v) is 13.3. The number of amides is 1. The van der Waals surface area contributed by atoms with Crippen LogP contribution < -0.4 is 15.0 Å². The minimum atomic E-state index is -0.877. The Bertz CT molecular complexity index is 2380. The molecule has 6 aromatic rings. The summed E-state index contributed by atoms with van der Waals surface area (Å²) in [5.41, 5.74) is 2.61. The molecule has 1 amide bonds. The van der Waals surface area contributed by atoms with Crippen LogP contribution in [0.3, 0.4) is 0 Å². The van der Waals surface area contributed by atoms with E-state index in [1.54, 1.807) is 0 Å². The molecule has 2 aromatic carbocycles. The van der Waals surface area contributed by atoms with Crippen LogP contribution in [0, 0.1) is 24.4 Å². The molecule has 0 aliphatic carbocycles. The third-order valence-electron chi connectivity index (χ3n) is 10.1. The molecule has 0 radical (unpaired) electrons. The quantitative estimate of drug-likeness (QED) is 0.277. The van der Waals surface area contributed by atoms with E-state index in [2.05, 4.69) is 25.4 Å². The Kier molecular flexibility index (Phi) is 7.71. The molecule has 0 saturated carbocycles. The number of carbonyl (C=O) groups excluding carboxylic acids is 1. The molecule has 3 atom stereocenters. The fourth-order valence-electron chi connectivity index (χ4n) is 7.80. The predicted octanol–water partition coefficient (Wildman–Crippen LogP) is 4.65. The number of rotatable bonds is 3. The molecule has 1 N–H and O–H groups in total. The van der Waals surface area contributed by atoms with Crippen molar-refractivity contribution in [1.29, 1.82) is 0 Å². The zero-order valence-electron chi connectivity index (χ0n) is 28.3. The van der Waals surface area contributed by atoms with Crippen molar-refractivity contribution < 1.29 is 27.4 Å². The first-order chi connectivity index (χ1) is 25.2. The summed E-state index contributed by atoms with van der Waals surface area (Å²) in [6, 6.07) is 9.38. The maximum absolute atomic E-state index is 15.2. The summed E-state index contributed by atoms with van der Waals surface area (Å²) in [7, 11) is 1.32. The van der Waals surface area contributed by atoms with Crippen LogP contribution in [0.1, 0.15) is 18.7 Å². The molecule has 4 aromatic heterocycles. The highest BCUT2D eigenvalue weighted by Crippen LogP contribution is 2.36. The molecule has 52 heavy (non-hydrogen) atoms. The van der Waals surface area contributed by atoms with Gasteiger partial charge < -0.3 is 29.2 Å². The molecule has 16 heteroatoms. The molecule has 0 spiro atoms. The number of methoxy groups -OCH3 is 1. The Labute approximate surface area is 295 Å². The predicted molar refractivity (Wildman–Crippen MR) is 185 cm³/mol. The Morgan fingerprint density at radius 3 is 2.75 bits per heavy atom. The van der Waals surface area contributed by atoms with Crippen LogP contribution in [-0.2, 0) is 16.1 Å². The van der Waals surface area contributed by atoms with Crippen LogP contribution in [0.2, 0.25) is 0 Å². The van der Waals surface area contributed by atoms with Gasteiger partial charge in [0.05, 0.1) is 48.1 Å². The number of fused-ring (bicyclic) bond motifs is 8. The molecule has 2 fully saturated rings. The summed E-state index contributed by atoms with van der Waals surface area (Å²) in [6.07, 6.45) is 3.55. The van der Waals surface area contributed by atoms with E-state index in [1.165, 1.54) is 36.4 Å². The number of pyridine rings is 1. The van der Waals surface area contributed by atoms with E-state index in [9.17, 15) is 9.18 Å². The summed E-state index contributed by atoms with van der Waals surface area (Å²) >= 11 is 0. The molecule has 9 rings (SSSR count). The van der Waals surface area contributed by atoms with Crippen molar-refractivity contribution >= 4 is 39.6 Å². The second kappa shape index (κ2) is 12.5. The zero-order valence-corrected chi connectivity index (χ0v) is 28.3. The fraction of sp³-hybridized carbons (Fsp3) is 0.333. The molecular weight excluding hydrogens is 677 g/mol. The number of benzene rings is 2. The number of ether oxygens (including phenoxy) is 2. The van der Waals surface area contributed by atoms with Crippen LogP contribution in [-0.4, -0.2) is 96.6 Å². The highest BCUT2D eigenvalue weighted by atomic mass is 19.1. The average molecular weight is 711 g/mol. The molecule has 266 valence electrons. The van der Waals surface area contributed by atoms with Gasteiger partial charge in [-0.05, 0) is 38.0 Å². The van der Waals surface area contributed by atoms with Gasteiger partial charge in [0.15, 0.2) is 17.2 Å². The van der Waals surface area contributed by atoms with Gasteiger partial charge in [0.25, 0.3) is 0 Å². The number of anilines is 2. The Morgan fingerprint density at radius 2 is 1.88 bits per heavy atom. The second-order valence-electron chi connectivity index (χ2n) is 13.3. The molecule has 13 nitrogen and oxygen atoms in total. The van der Waals surface area contributed by atoms with E-state index < -0.39 is 23.5 Å². The zero-order chi connectivity index (χ0) is 35.7. The van der Waals surface area contributed by atoms with Crippen LogP contribution in [0.25, 0.3) is 39.0 Å². The highest BCUT2D eigenvalue weighted by molar-refractivity contribution is 5.94. The monoisotopic (exact) mass is 710 g/mol. The SMILES string of the molecule is COc1cc(F)cc(F)c1-n1ncc2c(N3CC4C[C@H]3C(=O)N3CCCO[C@H](C3)Cn3c(C)nc5cc(F)cc(c53)-c3cccc(n3)N4)ncnc21. The Balaban J connectivity index is 1.16. The van der Waals surface area contributed by atoms with E-state index in [-0.39, 0.29) is 35.1 Å². The van der Waals surface area contributed by atoms with Crippen molar-refractivity contribution in [3.05, 3.63) is 78.3 Å². The molecule has 3 aliphatic rings. The van der Waals surface area contributed by atoms with Gasteiger partial charge >= 0.3 is 0 Å². The van der Waals surface area contributed by atoms with Crippen molar-refractivity contribution in [2.45, 2.75) is 44.5 Å². The summed E-state index contributed by atoms with van der Waals surface area (Å²) in [6.45, 7) is 3.94. The van der Waals surface area contributed by atoms with Crippen molar-refractivity contribution in [2.24, 2.45) is 0 Å². The summed E-state index contributed by atoms with van der Waals surface area (Å²) < 4.78 is 59.2. The number of nitrogens with zero attached hydrogens (tertiary/aromatic N) is 9. The fourth-order valence-corrected chi connectivity index (χ4v) is 7.80. The van der Waals surface area contributed by atoms with Gasteiger partial charge in [-0.1, -0.05) is 6.07 Å². The lowest BCUT2D eigenvalue weighted by molar-refractivity contribution is -0.133. The highest BCUT2D eigenvalue weighted by Gasteiger charge is 2.42. The van der Waals surface area contributed by atoms with Gasteiger partial charge in [-0.2, -0.15) is 5.10 Å².